The van der Waals surface area contributed by atoms with Crippen LogP contribution in [0.5, 0.6) is 0 Å². The van der Waals surface area contributed by atoms with Crippen molar-refractivity contribution in [1.29, 1.82) is 0 Å². The number of carbonyl (C=O) groups is 3. The quantitative estimate of drug-likeness (QED) is 0.474. The minimum atomic E-state index is -5.21. The molecule has 2 aromatic carbocycles. The van der Waals surface area contributed by atoms with Crippen LogP contribution in [0.15, 0.2) is 48.5 Å². The van der Waals surface area contributed by atoms with Gasteiger partial charge < -0.3 is 25.6 Å². The lowest BCUT2D eigenvalue weighted by Gasteiger charge is -2.23. The largest absolute Gasteiger partial charge is 0.480 e. The van der Waals surface area contributed by atoms with E-state index in [1.165, 1.54) is 5.32 Å². The Morgan fingerprint density at radius 2 is 1.52 bits per heavy atom. The summed E-state index contributed by atoms with van der Waals surface area (Å²) in [6.45, 7) is -0.942. The molecule has 1 aliphatic rings. The summed E-state index contributed by atoms with van der Waals surface area (Å²) in [7, 11) is 0. The molecule has 0 fully saturated rings. The lowest BCUT2D eigenvalue weighted by Crippen LogP contribution is -2.58. The average Bonchev–Trinajstić information content (AvgIpc) is 3.08. The van der Waals surface area contributed by atoms with E-state index in [2.05, 4.69) is 0 Å². The molecule has 0 heterocycles. The number of aliphatic hydroxyl groups is 1. The summed E-state index contributed by atoms with van der Waals surface area (Å²) in [5.74, 6) is -3.81. The maximum Gasteiger partial charge on any atom is 0.417 e. The number of carbonyl (C=O) groups excluding carboxylic acids is 2. The smallest absolute Gasteiger partial charge is 0.417 e. The number of amides is 2. The van der Waals surface area contributed by atoms with E-state index < -0.39 is 55.2 Å². The van der Waals surface area contributed by atoms with Gasteiger partial charge in [0.15, 0.2) is 0 Å². The highest BCUT2D eigenvalue weighted by molar-refractivity contribution is 5.90. The van der Waals surface area contributed by atoms with Crippen molar-refractivity contribution in [1.82, 2.24) is 10.6 Å². The SMILES string of the molecule is O=C(NC(C(=O)N[C@@H](CCO)C(=O)O)C(F)(F)F)OCC1c2ccccc2-c2ccccc21. The van der Waals surface area contributed by atoms with Crippen molar-refractivity contribution in [2.45, 2.75) is 30.6 Å². The van der Waals surface area contributed by atoms with Crippen LogP contribution in [0.3, 0.4) is 0 Å². The highest BCUT2D eigenvalue weighted by atomic mass is 19.4. The fourth-order valence-electron chi connectivity index (χ4n) is 3.70. The van der Waals surface area contributed by atoms with E-state index in [9.17, 15) is 27.6 Å². The molecule has 2 aromatic rings. The number of fused-ring (bicyclic) bond motifs is 3. The first-order valence-electron chi connectivity index (χ1n) is 9.95. The Morgan fingerprint density at radius 1 is 0.970 bits per heavy atom. The molecule has 0 spiro atoms. The van der Waals surface area contributed by atoms with E-state index in [1.54, 1.807) is 17.4 Å². The Bertz CT molecular complexity index is 997. The molecule has 0 bridgehead atoms. The third-order valence-corrected chi connectivity index (χ3v) is 5.23. The second kappa shape index (κ2) is 9.90. The maximum absolute atomic E-state index is 13.4. The van der Waals surface area contributed by atoms with E-state index in [-0.39, 0.29) is 6.61 Å². The molecule has 0 saturated carbocycles. The zero-order valence-electron chi connectivity index (χ0n) is 17.1. The van der Waals surface area contributed by atoms with E-state index >= 15 is 0 Å². The average molecular weight is 466 g/mol. The van der Waals surface area contributed by atoms with Crippen molar-refractivity contribution in [3.63, 3.8) is 0 Å². The highest BCUT2D eigenvalue weighted by Crippen LogP contribution is 2.44. The summed E-state index contributed by atoms with van der Waals surface area (Å²) in [5, 5.41) is 20.9. The number of alkyl carbamates (subject to hydrolysis) is 1. The van der Waals surface area contributed by atoms with Gasteiger partial charge in [-0.25, -0.2) is 9.59 Å². The monoisotopic (exact) mass is 466 g/mol. The maximum atomic E-state index is 13.4. The number of rotatable bonds is 8. The van der Waals surface area contributed by atoms with Gasteiger partial charge in [-0.15, -0.1) is 0 Å². The molecule has 0 aliphatic heterocycles. The van der Waals surface area contributed by atoms with Gasteiger partial charge >= 0.3 is 18.2 Å². The third kappa shape index (κ3) is 5.43. The summed E-state index contributed by atoms with van der Waals surface area (Å²) < 4.78 is 45.2. The summed E-state index contributed by atoms with van der Waals surface area (Å²) in [6.07, 6.45) is -7.20. The van der Waals surface area contributed by atoms with Gasteiger partial charge in [0.05, 0.1) is 0 Å². The normalized spacial score (nSPS) is 14.5. The summed E-state index contributed by atoms with van der Waals surface area (Å²) in [4.78, 5) is 35.3. The first-order valence-corrected chi connectivity index (χ1v) is 9.95. The molecule has 176 valence electrons. The van der Waals surface area contributed by atoms with Crippen LogP contribution in [0, 0.1) is 0 Å². The molecule has 8 nitrogen and oxygen atoms in total. The molecule has 1 aliphatic carbocycles. The predicted molar refractivity (Wildman–Crippen MR) is 109 cm³/mol. The van der Waals surface area contributed by atoms with E-state index in [1.807, 2.05) is 36.4 Å². The second-order valence-electron chi connectivity index (χ2n) is 7.36. The fraction of sp³-hybridized carbons (Fsp3) is 0.318. The molecule has 4 N–H and O–H groups in total. The minimum absolute atomic E-state index is 0.270. The number of nitrogens with one attached hydrogen (secondary N) is 2. The van der Waals surface area contributed by atoms with Gasteiger partial charge in [-0.2, -0.15) is 13.2 Å². The standard InChI is InChI=1S/C22H21F3N2O6/c23-22(24,25)18(19(29)26-17(9-10-28)20(30)31)27-21(32)33-11-16-14-7-3-1-5-12(14)13-6-2-4-8-15(13)16/h1-8,16-18,28H,9-11H2,(H,26,29)(H,27,32)(H,30,31)/t17-,18?/m0/s1. The van der Waals surface area contributed by atoms with Gasteiger partial charge in [0.1, 0.15) is 12.6 Å². The number of aliphatic hydroxyl groups excluding tert-OH is 1. The van der Waals surface area contributed by atoms with Crippen molar-refractivity contribution < 1.29 is 42.5 Å². The zero-order chi connectivity index (χ0) is 24.2. The van der Waals surface area contributed by atoms with Crippen molar-refractivity contribution in [2.75, 3.05) is 13.2 Å². The first-order chi connectivity index (χ1) is 15.6. The summed E-state index contributed by atoms with van der Waals surface area (Å²) in [5.41, 5.74) is 3.56. The summed E-state index contributed by atoms with van der Waals surface area (Å²) in [6, 6.07) is 9.96. The molecule has 33 heavy (non-hydrogen) atoms. The molecule has 0 saturated heterocycles. The Kier molecular flexibility index (Phi) is 7.22. The van der Waals surface area contributed by atoms with E-state index in [0.29, 0.717) is 0 Å². The number of halogens is 3. The van der Waals surface area contributed by atoms with Gasteiger partial charge in [-0.05, 0) is 22.3 Å². The molecular weight excluding hydrogens is 445 g/mol. The second-order valence-corrected chi connectivity index (χ2v) is 7.36. The number of ether oxygens (including phenoxy) is 1. The number of alkyl halides is 3. The van der Waals surface area contributed by atoms with Crippen LogP contribution in [0.1, 0.15) is 23.5 Å². The van der Waals surface area contributed by atoms with E-state index in [0.717, 1.165) is 22.3 Å². The van der Waals surface area contributed by atoms with E-state index in [4.69, 9.17) is 14.9 Å². The molecule has 11 heteroatoms. The first kappa shape index (κ1) is 24.1. The number of benzene rings is 2. The van der Waals surface area contributed by atoms with Crippen LogP contribution in [0.4, 0.5) is 18.0 Å². The van der Waals surface area contributed by atoms with Gasteiger partial charge in [0, 0.05) is 18.9 Å². The fourth-order valence-corrected chi connectivity index (χ4v) is 3.70. The van der Waals surface area contributed by atoms with Crippen LogP contribution < -0.4 is 10.6 Å². The Labute approximate surface area is 186 Å². The number of hydrogen-bond donors (Lipinski definition) is 4. The van der Waals surface area contributed by atoms with Crippen LogP contribution >= 0.6 is 0 Å². The van der Waals surface area contributed by atoms with Gasteiger partial charge in [-0.3, -0.25) is 4.79 Å². The molecule has 2 atom stereocenters. The Hall–Kier alpha value is -3.60. The van der Waals surface area contributed by atoms with Crippen molar-refractivity contribution in [3.05, 3.63) is 59.7 Å². The van der Waals surface area contributed by atoms with Gasteiger partial charge in [-0.1, -0.05) is 48.5 Å². The van der Waals surface area contributed by atoms with Crippen molar-refractivity contribution >= 4 is 18.0 Å². The highest BCUT2D eigenvalue weighted by Gasteiger charge is 2.47. The van der Waals surface area contributed by atoms with Gasteiger partial charge in [0.25, 0.3) is 5.91 Å². The lowest BCUT2D eigenvalue weighted by molar-refractivity contribution is -0.169. The number of aliphatic carboxylic acids is 1. The number of hydrogen-bond acceptors (Lipinski definition) is 5. The topological polar surface area (TPSA) is 125 Å². The van der Waals surface area contributed by atoms with Crippen LogP contribution in [0.2, 0.25) is 0 Å². The molecule has 2 amide bonds. The molecule has 0 radical (unpaired) electrons. The minimum Gasteiger partial charge on any atom is -0.480 e. The Balaban J connectivity index is 1.69. The number of carboxylic acid groups (broad SMARTS) is 1. The van der Waals surface area contributed by atoms with Gasteiger partial charge in [0.2, 0.25) is 6.04 Å². The lowest BCUT2D eigenvalue weighted by atomic mass is 9.98. The molecular formula is C22H21F3N2O6. The van der Waals surface area contributed by atoms with Crippen LogP contribution in [-0.4, -0.2) is 59.7 Å². The Morgan fingerprint density at radius 3 is 2.00 bits per heavy atom. The van der Waals surface area contributed by atoms with Crippen molar-refractivity contribution in [3.8, 4) is 11.1 Å². The molecule has 1 unspecified atom stereocenters. The summed E-state index contributed by atoms with van der Waals surface area (Å²) >= 11 is 0. The van der Waals surface area contributed by atoms with Crippen LogP contribution in [-0.2, 0) is 14.3 Å². The zero-order valence-corrected chi connectivity index (χ0v) is 17.1. The third-order valence-electron chi connectivity index (χ3n) is 5.23. The number of carboxylic acids is 1. The van der Waals surface area contributed by atoms with Crippen LogP contribution in [0.25, 0.3) is 11.1 Å². The molecule has 0 aromatic heterocycles. The van der Waals surface area contributed by atoms with Crippen molar-refractivity contribution in [2.24, 2.45) is 0 Å². The molecule has 3 rings (SSSR count). The predicted octanol–water partition coefficient (Wildman–Crippen LogP) is 2.41.